The predicted octanol–water partition coefficient (Wildman–Crippen LogP) is 4.30. The number of alkyl halides is 3. The van der Waals surface area contributed by atoms with Gasteiger partial charge in [-0.3, -0.25) is 9.98 Å². The number of nitrogens with one attached hydrogen (secondary N) is 1. The van der Waals surface area contributed by atoms with Crippen molar-refractivity contribution in [2.75, 3.05) is 32.8 Å². The standard InChI is InChI=1S/C21H25F3N4O.HI/c1-2-25-20(27-11-9-18-8-3-4-10-26-18)28-12-13-29-19(15-28)16-6-5-7-17(14-16)21(22,23)24;/h3-8,10,14,19H,2,9,11-13,15H2,1H3,(H,25,27);1H. The summed E-state index contributed by atoms with van der Waals surface area (Å²) >= 11 is 0. The Hall–Kier alpha value is -1.88. The Morgan fingerprint density at radius 2 is 2.10 bits per heavy atom. The monoisotopic (exact) mass is 534 g/mol. The molecule has 0 bridgehead atoms. The molecule has 164 valence electrons. The highest BCUT2D eigenvalue weighted by Crippen LogP contribution is 2.32. The average molecular weight is 534 g/mol. The van der Waals surface area contributed by atoms with Gasteiger partial charge in [-0.25, -0.2) is 0 Å². The molecule has 5 nitrogen and oxygen atoms in total. The molecule has 0 amide bonds. The van der Waals surface area contributed by atoms with Gasteiger partial charge in [0.1, 0.15) is 6.10 Å². The molecule has 1 aliphatic rings. The number of hydrogen-bond donors (Lipinski definition) is 1. The van der Waals surface area contributed by atoms with E-state index in [9.17, 15) is 13.2 Å². The van der Waals surface area contributed by atoms with Crippen molar-refractivity contribution in [3.05, 3.63) is 65.5 Å². The quantitative estimate of drug-likeness (QED) is 0.353. The summed E-state index contributed by atoms with van der Waals surface area (Å²) in [6.07, 6.45) is -2.33. The number of ether oxygens (including phenoxy) is 1. The highest BCUT2D eigenvalue weighted by atomic mass is 127. The van der Waals surface area contributed by atoms with E-state index in [0.717, 1.165) is 24.1 Å². The average Bonchev–Trinajstić information content (AvgIpc) is 2.73. The molecule has 1 fully saturated rings. The molecule has 2 heterocycles. The van der Waals surface area contributed by atoms with Crippen LogP contribution in [0.5, 0.6) is 0 Å². The lowest BCUT2D eigenvalue weighted by atomic mass is 10.0. The second kappa shape index (κ2) is 11.5. The van der Waals surface area contributed by atoms with Gasteiger partial charge in [-0.1, -0.05) is 18.2 Å². The van der Waals surface area contributed by atoms with E-state index in [4.69, 9.17) is 4.74 Å². The van der Waals surface area contributed by atoms with E-state index in [1.807, 2.05) is 30.0 Å². The van der Waals surface area contributed by atoms with Crippen LogP contribution in [0.15, 0.2) is 53.7 Å². The van der Waals surface area contributed by atoms with Crippen molar-refractivity contribution in [2.24, 2.45) is 4.99 Å². The zero-order valence-electron chi connectivity index (χ0n) is 16.7. The third kappa shape index (κ3) is 6.83. The molecule has 1 N–H and O–H groups in total. The molecule has 0 saturated carbocycles. The van der Waals surface area contributed by atoms with Crippen molar-refractivity contribution in [3.8, 4) is 0 Å². The molecule has 1 unspecified atom stereocenters. The first-order chi connectivity index (χ1) is 14.0. The van der Waals surface area contributed by atoms with Crippen molar-refractivity contribution >= 4 is 29.9 Å². The van der Waals surface area contributed by atoms with Crippen LogP contribution < -0.4 is 5.32 Å². The summed E-state index contributed by atoms with van der Waals surface area (Å²) in [5.74, 6) is 0.740. The number of nitrogens with zero attached hydrogens (tertiary/aromatic N) is 3. The lowest BCUT2D eigenvalue weighted by Crippen LogP contribution is -2.48. The molecular weight excluding hydrogens is 508 g/mol. The van der Waals surface area contributed by atoms with Gasteiger partial charge in [0, 0.05) is 37.9 Å². The van der Waals surface area contributed by atoms with Gasteiger partial charge in [-0.2, -0.15) is 13.2 Å². The van der Waals surface area contributed by atoms with Crippen LogP contribution in [0.25, 0.3) is 0 Å². The highest BCUT2D eigenvalue weighted by Gasteiger charge is 2.32. The molecule has 1 saturated heterocycles. The predicted molar refractivity (Wildman–Crippen MR) is 121 cm³/mol. The van der Waals surface area contributed by atoms with Gasteiger partial charge in [-0.05, 0) is 36.8 Å². The zero-order valence-corrected chi connectivity index (χ0v) is 19.1. The van der Waals surface area contributed by atoms with Crippen LogP contribution in [-0.2, 0) is 17.3 Å². The summed E-state index contributed by atoms with van der Waals surface area (Å²) in [6.45, 7) is 4.76. The molecule has 1 atom stereocenters. The maximum atomic E-state index is 13.0. The number of benzene rings is 1. The fourth-order valence-corrected chi connectivity index (χ4v) is 3.21. The first-order valence-electron chi connectivity index (χ1n) is 9.69. The van der Waals surface area contributed by atoms with Crippen LogP contribution in [0, 0.1) is 0 Å². The van der Waals surface area contributed by atoms with Gasteiger partial charge in [0.2, 0.25) is 0 Å². The maximum absolute atomic E-state index is 13.0. The topological polar surface area (TPSA) is 49.8 Å². The molecule has 0 spiro atoms. The largest absolute Gasteiger partial charge is 0.416 e. The van der Waals surface area contributed by atoms with Crippen LogP contribution in [0.3, 0.4) is 0 Å². The van der Waals surface area contributed by atoms with E-state index in [-0.39, 0.29) is 24.0 Å². The number of hydrogen-bond acceptors (Lipinski definition) is 3. The maximum Gasteiger partial charge on any atom is 0.416 e. The lowest BCUT2D eigenvalue weighted by Gasteiger charge is -2.35. The molecular formula is C21H26F3IN4O. The summed E-state index contributed by atoms with van der Waals surface area (Å²) in [5, 5.41) is 3.27. The lowest BCUT2D eigenvalue weighted by molar-refractivity contribution is -0.137. The summed E-state index contributed by atoms with van der Waals surface area (Å²) in [7, 11) is 0. The molecule has 2 aromatic rings. The van der Waals surface area contributed by atoms with Gasteiger partial charge < -0.3 is 15.0 Å². The Labute approximate surface area is 191 Å². The number of aliphatic imine (C=N–C) groups is 1. The first kappa shape index (κ1) is 24.4. The molecule has 1 aliphatic heterocycles. The van der Waals surface area contributed by atoms with Crippen molar-refractivity contribution in [1.82, 2.24) is 15.2 Å². The van der Waals surface area contributed by atoms with Crippen LogP contribution in [0.4, 0.5) is 13.2 Å². The fourth-order valence-electron chi connectivity index (χ4n) is 3.21. The number of pyridine rings is 1. The van der Waals surface area contributed by atoms with Crippen LogP contribution >= 0.6 is 24.0 Å². The number of morpholine rings is 1. The number of halogens is 4. The van der Waals surface area contributed by atoms with E-state index in [1.54, 1.807) is 12.3 Å². The summed E-state index contributed by atoms with van der Waals surface area (Å²) in [6, 6.07) is 11.1. The summed E-state index contributed by atoms with van der Waals surface area (Å²) in [5.41, 5.74) is 0.830. The third-order valence-electron chi connectivity index (χ3n) is 4.64. The van der Waals surface area contributed by atoms with Gasteiger partial charge in [-0.15, -0.1) is 24.0 Å². The van der Waals surface area contributed by atoms with E-state index in [2.05, 4.69) is 15.3 Å². The van der Waals surface area contributed by atoms with Crippen LogP contribution in [0.2, 0.25) is 0 Å². The molecule has 3 rings (SSSR count). The second-order valence-corrected chi connectivity index (χ2v) is 6.74. The Morgan fingerprint density at radius 3 is 2.80 bits per heavy atom. The van der Waals surface area contributed by atoms with Gasteiger partial charge in [0.25, 0.3) is 0 Å². The van der Waals surface area contributed by atoms with Crippen molar-refractivity contribution in [1.29, 1.82) is 0 Å². The molecule has 30 heavy (non-hydrogen) atoms. The minimum atomic E-state index is -4.37. The van der Waals surface area contributed by atoms with E-state index >= 15 is 0 Å². The Kier molecular flexibility index (Phi) is 9.35. The normalized spacial score (nSPS) is 17.4. The van der Waals surface area contributed by atoms with Gasteiger partial charge in [0.05, 0.1) is 18.7 Å². The van der Waals surface area contributed by atoms with Crippen LogP contribution in [0.1, 0.15) is 29.8 Å². The first-order valence-corrected chi connectivity index (χ1v) is 9.69. The summed E-state index contributed by atoms with van der Waals surface area (Å²) in [4.78, 5) is 11.0. The van der Waals surface area contributed by atoms with E-state index in [1.165, 1.54) is 12.1 Å². The fraction of sp³-hybridized carbons (Fsp3) is 0.429. The highest BCUT2D eigenvalue weighted by molar-refractivity contribution is 14.0. The van der Waals surface area contributed by atoms with Crippen molar-refractivity contribution < 1.29 is 17.9 Å². The van der Waals surface area contributed by atoms with Gasteiger partial charge in [0.15, 0.2) is 5.96 Å². The molecule has 1 aromatic heterocycles. The third-order valence-corrected chi connectivity index (χ3v) is 4.64. The molecule has 0 radical (unpaired) electrons. The van der Waals surface area contributed by atoms with E-state index < -0.39 is 17.8 Å². The van der Waals surface area contributed by atoms with Crippen molar-refractivity contribution in [2.45, 2.75) is 25.6 Å². The smallest absolute Gasteiger partial charge is 0.370 e. The Morgan fingerprint density at radius 1 is 1.27 bits per heavy atom. The zero-order chi connectivity index (χ0) is 20.7. The number of aromatic nitrogens is 1. The Bertz CT molecular complexity index is 817. The van der Waals surface area contributed by atoms with E-state index in [0.29, 0.717) is 38.3 Å². The number of guanidine groups is 1. The van der Waals surface area contributed by atoms with Crippen molar-refractivity contribution in [3.63, 3.8) is 0 Å². The van der Waals surface area contributed by atoms with Crippen LogP contribution in [-0.4, -0.2) is 48.6 Å². The molecule has 0 aliphatic carbocycles. The van der Waals surface area contributed by atoms with Gasteiger partial charge >= 0.3 is 6.18 Å². The minimum Gasteiger partial charge on any atom is -0.370 e. The number of rotatable bonds is 5. The molecule has 9 heteroatoms. The molecule has 1 aromatic carbocycles. The summed E-state index contributed by atoms with van der Waals surface area (Å²) < 4.78 is 44.9. The second-order valence-electron chi connectivity index (χ2n) is 6.74. The Balaban J connectivity index is 0.00000320. The minimum absolute atomic E-state index is 0. The SMILES string of the molecule is CCNC(=NCCc1ccccn1)N1CCOC(c2cccc(C(F)(F)F)c2)C1.I.